The summed E-state index contributed by atoms with van der Waals surface area (Å²) < 4.78 is 0.796. The van der Waals surface area contributed by atoms with Gasteiger partial charge < -0.3 is 16.9 Å². The molecule has 1 aliphatic rings. The van der Waals surface area contributed by atoms with Gasteiger partial charge in [0, 0.05) is 44.5 Å². The van der Waals surface area contributed by atoms with Crippen LogP contribution in [-0.2, 0) is 0 Å². The molecule has 16 heavy (non-hydrogen) atoms. The molecule has 1 aromatic heterocycles. The summed E-state index contributed by atoms with van der Waals surface area (Å²) in [5.41, 5.74) is 1.86. The third kappa shape index (κ3) is 3.85. The van der Waals surface area contributed by atoms with Gasteiger partial charge in [0.15, 0.2) is 0 Å². The summed E-state index contributed by atoms with van der Waals surface area (Å²) in [5, 5.41) is 3.33. The topological polar surface area (TPSA) is 24.9 Å². The van der Waals surface area contributed by atoms with E-state index < -0.39 is 0 Å². The van der Waals surface area contributed by atoms with Gasteiger partial charge in [-0.15, -0.1) is 12.3 Å². The molecule has 0 radical (unpaired) electrons. The van der Waals surface area contributed by atoms with E-state index in [9.17, 15) is 0 Å². The van der Waals surface area contributed by atoms with Gasteiger partial charge in [-0.1, -0.05) is 21.8 Å². The molecule has 1 aromatic rings. The van der Waals surface area contributed by atoms with E-state index in [4.69, 9.17) is 6.58 Å². The Morgan fingerprint density at radius 1 is 1.44 bits per heavy atom. The van der Waals surface area contributed by atoms with E-state index in [1.807, 2.05) is 12.1 Å². The first-order valence-electron chi connectivity index (χ1n) is 5.15. The van der Waals surface area contributed by atoms with Crippen LogP contribution in [0.15, 0.2) is 16.7 Å². The van der Waals surface area contributed by atoms with Crippen molar-refractivity contribution in [2.75, 3.05) is 13.1 Å². The van der Waals surface area contributed by atoms with Crippen LogP contribution >= 0.6 is 15.9 Å². The summed E-state index contributed by atoms with van der Waals surface area (Å²) in [5.74, 6) is 0.477. The van der Waals surface area contributed by atoms with Crippen LogP contribution in [0.2, 0.25) is 0 Å². The number of nitrogens with one attached hydrogen (secondary N) is 1. The number of halogens is 1. The van der Waals surface area contributed by atoms with Crippen LogP contribution in [0.25, 0.3) is 5.57 Å². The fraction of sp³-hybridized carbons (Fsp3) is 0.417. The fourth-order valence-electron chi connectivity index (χ4n) is 1.85. The number of aromatic nitrogens is 1. The van der Waals surface area contributed by atoms with Crippen molar-refractivity contribution in [2.45, 2.75) is 12.8 Å². The van der Waals surface area contributed by atoms with Crippen LogP contribution in [0.5, 0.6) is 0 Å². The Balaban J connectivity index is 0.00000128. The van der Waals surface area contributed by atoms with Gasteiger partial charge in [0.1, 0.15) is 0 Å². The molecule has 0 unspecified atom stereocenters. The fourth-order valence-corrected chi connectivity index (χ4v) is 2.07. The van der Waals surface area contributed by atoms with Gasteiger partial charge in [-0.3, -0.25) is 11.1 Å². The van der Waals surface area contributed by atoms with Crippen molar-refractivity contribution in [2.24, 2.45) is 5.92 Å². The van der Waals surface area contributed by atoms with Crippen molar-refractivity contribution in [3.63, 3.8) is 0 Å². The van der Waals surface area contributed by atoms with Gasteiger partial charge >= 0.3 is 0 Å². The summed E-state index contributed by atoms with van der Waals surface area (Å²) >= 11 is 3.29. The molecule has 0 saturated carbocycles. The minimum Gasteiger partial charge on any atom is -0.365 e. The molecule has 0 spiro atoms. The summed E-state index contributed by atoms with van der Waals surface area (Å²) in [6, 6.07) is 3.87. The molecule has 1 aliphatic heterocycles. The minimum atomic E-state index is 0. The van der Waals surface area contributed by atoms with E-state index in [1.54, 1.807) is 0 Å². The number of piperidine rings is 1. The Morgan fingerprint density at radius 3 is 2.69 bits per heavy atom. The first-order chi connectivity index (χ1) is 7.27. The molecule has 2 nitrogen and oxygen atoms in total. The van der Waals surface area contributed by atoms with E-state index in [0.717, 1.165) is 41.7 Å². The van der Waals surface area contributed by atoms with Crippen molar-refractivity contribution in [3.8, 4) is 0 Å². The van der Waals surface area contributed by atoms with E-state index >= 15 is 0 Å². The monoisotopic (exact) mass is 496 g/mol. The molecule has 1 N–H and O–H groups in total. The Labute approximate surface area is 137 Å². The Hall–Kier alpha value is 0.655. The minimum absolute atomic E-state index is 0. The molecule has 2 heterocycles. The number of rotatable bonds is 2. The van der Waals surface area contributed by atoms with Gasteiger partial charge in [-0.2, -0.15) is 0 Å². The maximum Gasteiger partial charge on any atom is 0.0177 e. The molecule has 1 fully saturated rings. The second-order valence-corrected chi connectivity index (χ2v) is 4.59. The Bertz CT molecular complexity index is 345. The van der Waals surface area contributed by atoms with Crippen LogP contribution in [0.4, 0.5) is 0 Å². The molecule has 0 bridgehead atoms. The first kappa shape index (κ1) is 14.7. The standard InChI is InChI=1S/C12H13BrN2.Th/c1-9(10-4-6-14-7-5-10)11-2-3-12(13)15-8-11;/h1-3,10,14H,4-7H2;/q-2;. The third-order valence-corrected chi connectivity index (χ3v) is 3.20. The molecule has 84 valence electrons. The van der Waals surface area contributed by atoms with Crippen LogP contribution in [0.3, 0.4) is 0 Å². The van der Waals surface area contributed by atoms with Crippen molar-refractivity contribution in [1.29, 1.82) is 0 Å². The normalized spacial score (nSPS) is 16.6. The smallest absolute Gasteiger partial charge is 0.0177 e. The van der Waals surface area contributed by atoms with Gasteiger partial charge in [0.05, 0.1) is 0 Å². The maximum atomic E-state index is 6.12. The largest absolute Gasteiger partial charge is 0.365 e. The summed E-state index contributed by atoms with van der Waals surface area (Å²) in [4.78, 5) is 4.07. The number of hydrogen-bond donors (Lipinski definition) is 1. The quantitative estimate of drug-likeness (QED) is 0.502. The molecule has 2 rings (SSSR count). The second kappa shape index (κ2) is 7.17. The van der Waals surface area contributed by atoms with E-state index in [2.05, 4.69) is 32.4 Å². The predicted molar refractivity (Wildman–Crippen MR) is 64.1 cm³/mol. The van der Waals surface area contributed by atoms with Crippen LogP contribution < -0.4 is 5.32 Å². The number of pyridine rings is 1. The zero-order chi connectivity index (χ0) is 10.7. The molecule has 0 aliphatic carbocycles. The molecule has 0 aromatic carbocycles. The molecule has 4 heteroatoms. The molecular weight excluding hydrogens is 484 g/mol. The molecule has 1 saturated heterocycles. The van der Waals surface area contributed by atoms with Crippen molar-refractivity contribution in [3.05, 3.63) is 35.1 Å². The van der Waals surface area contributed by atoms with Gasteiger partial charge in [-0.05, 0) is 25.9 Å². The molecular formula is C12H13BrN2Th-2. The zero-order valence-electron chi connectivity index (χ0n) is 8.96. The average Bonchev–Trinajstić information content (AvgIpc) is 2.30. The summed E-state index contributed by atoms with van der Waals surface area (Å²) in [6.07, 6.45) is 5.17. The van der Waals surface area contributed by atoms with Crippen molar-refractivity contribution in [1.82, 2.24) is 10.3 Å². The summed E-state index contributed by atoms with van der Waals surface area (Å²) in [6.45, 7) is 8.22. The first-order valence-corrected chi connectivity index (χ1v) is 5.94. The van der Waals surface area contributed by atoms with Gasteiger partial charge in [0.2, 0.25) is 0 Å². The van der Waals surface area contributed by atoms with Crippen LogP contribution in [0.1, 0.15) is 18.4 Å². The molecule has 0 amide bonds. The van der Waals surface area contributed by atoms with E-state index in [1.165, 1.54) is 0 Å². The van der Waals surface area contributed by atoms with E-state index in [-0.39, 0.29) is 39.9 Å². The van der Waals surface area contributed by atoms with Gasteiger partial charge in [0.25, 0.3) is 0 Å². The average molecular weight is 497 g/mol. The third-order valence-electron chi connectivity index (χ3n) is 2.76. The SMILES string of the molecule is [CH-]=C(c1[c-]nc(Br)cc1)C1CCNCC1.[Th]. The Morgan fingerprint density at radius 2 is 2.12 bits per heavy atom. The van der Waals surface area contributed by atoms with E-state index in [0.29, 0.717) is 5.92 Å². The van der Waals surface area contributed by atoms with Crippen LogP contribution in [0, 0.1) is 58.6 Å². The zero-order valence-corrected chi connectivity index (χ0v) is 14.7. The predicted octanol–water partition coefficient (Wildman–Crippen LogP) is 2.46. The summed E-state index contributed by atoms with van der Waals surface area (Å²) in [7, 11) is 0. The number of allylic oxidation sites excluding steroid dienone is 1. The van der Waals surface area contributed by atoms with Crippen LogP contribution in [-0.4, -0.2) is 18.1 Å². The second-order valence-electron chi connectivity index (χ2n) is 3.77. The molecule has 0 atom stereocenters. The van der Waals surface area contributed by atoms with Crippen molar-refractivity contribution >= 4 is 21.5 Å². The number of nitrogens with zero attached hydrogens (tertiary/aromatic N) is 1. The van der Waals surface area contributed by atoms with Gasteiger partial charge in [-0.25, -0.2) is 6.07 Å². The van der Waals surface area contributed by atoms with Crippen molar-refractivity contribution < 1.29 is 39.9 Å². The maximum absolute atomic E-state index is 6.12. The Kier molecular flexibility index (Phi) is 6.59. The number of hydrogen-bond acceptors (Lipinski definition) is 2.